The number of anilines is 2. The largest absolute Gasteiger partial charge is 0.456 e. The van der Waals surface area contributed by atoms with Gasteiger partial charge in [0.05, 0.1) is 17.9 Å². The van der Waals surface area contributed by atoms with E-state index in [0.29, 0.717) is 23.0 Å². The molecule has 3 aliphatic rings. The summed E-state index contributed by atoms with van der Waals surface area (Å²) in [6.45, 7) is 3.63. The Morgan fingerprint density at radius 2 is 2.06 bits per heavy atom. The van der Waals surface area contributed by atoms with Gasteiger partial charge in [-0.3, -0.25) is 4.79 Å². The van der Waals surface area contributed by atoms with Crippen LogP contribution in [0.1, 0.15) is 30.0 Å². The Hall–Kier alpha value is -3.63. The maximum Gasteiger partial charge on any atom is 0.328 e. The van der Waals surface area contributed by atoms with Crippen molar-refractivity contribution in [2.75, 3.05) is 18.0 Å². The Labute approximate surface area is 213 Å². The minimum atomic E-state index is -0.475. The number of carbonyl (C=O) groups excluding carboxylic acids is 2. The standard InChI is InChI=1S/C26H26N6O3S/c1-15-12-18(35-17-7-3-2-4-8-17)14-29-23(15)32-19-9-11-28-25-20(19)21(31-26(32)34)22(36-25)24(33)30-16-6-5-10-27-13-16/h2-4,7-9,11-12,14,16,21-22,27H,5-6,10,13H2,1H3,(H,30,33)(H,31,34)/t16?,21?,22-/m1/s1. The van der Waals surface area contributed by atoms with Gasteiger partial charge in [-0.25, -0.2) is 19.7 Å². The SMILES string of the molecule is Cc1cc(Oc2ccccc2)cnc1N1C(=O)NC2c3c1ccnc3S[C@H]2C(=O)NC1CCCNC1. The van der Waals surface area contributed by atoms with Gasteiger partial charge in [-0.2, -0.15) is 0 Å². The summed E-state index contributed by atoms with van der Waals surface area (Å²) >= 11 is 1.40. The zero-order valence-corrected chi connectivity index (χ0v) is 20.5. The van der Waals surface area contributed by atoms with Crippen LogP contribution in [0.5, 0.6) is 11.5 Å². The van der Waals surface area contributed by atoms with Crippen molar-refractivity contribution in [3.8, 4) is 11.5 Å². The number of amides is 3. The van der Waals surface area contributed by atoms with Gasteiger partial charge < -0.3 is 20.7 Å². The highest BCUT2D eigenvalue weighted by Gasteiger charge is 2.47. The molecule has 0 radical (unpaired) electrons. The number of piperidine rings is 1. The number of hydrogen-bond acceptors (Lipinski definition) is 7. The van der Waals surface area contributed by atoms with Crippen molar-refractivity contribution in [1.82, 2.24) is 25.9 Å². The van der Waals surface area contributed by atoms with E-state index in [1.54, 1.807) is 17.3 Å². The van der Waals surface area contributed by atoms with E-state index in [4.69, 9.17) is 4.74 Å². The van der Waals surface area contributed by atoms with Crippen LogP contribution in [0.25, 0.3) is 0 Å². The molecule has 0 bridgehead atoms. The van der Waals surface area contributed by atoms with E-state index in [1.165, 1.54) is 11.8 Å². The number of urea groups is 1. The van der Waals surface area contributed by atoms with E-state index in [9.17, 15) is 9.59 Å². The first-order chi connectivity index (χ1) is 17.6. The summed E-state index contributed by atoms with van der Waals surface area (Å²) < 4.78 is 5.90. The molecule has 1 saturated heterocycles. The minimum absolute atomic E-state index is 0.0758. The normalized spacial score (nSPS) is 22.5. The maximum atomic E-state index is 13.4. The third-order valence-electron chi connectivity index (χ3n) is 6.62. The second kappa shape index (κ2) is 9.44. The second-order valence-electron chi connectivity index (χ2n) is 9.13. The molecule has 0 aliphatic carbocycles. The van der Waals surface area contributed by atoms with E-state index in [0.717, 1.165) is 42.1 Å². The molecule has 3 amide bonds. The van der Waals surface area contributed by atoms with Crippen LogP contribution in [-0.2, 0) is 4.79 Å². The van der Waals surface area contributed by atoms with Crippen molar-refractivity contribution >= 4 is 35.2 Å². The van der Waals surface area contributed by atoms with Crippen molar-refractivity contribution in [1.29, 1.82) is 0 Å². The molecule has 2 aromatic heterocycles. The molecule has 184 valence electrons. The summed E-state index contributed by atoms with van der Waals surface area (Å²) in [6.07, 6.45) is 5.27. The van der Waals surface area contributed by atoms with E-state index >= 15 is 0 Å². The van der Waals surface area contributed by atoms with Crippen LogP contribution in [-0.4, -0.2) is 46.3 Å². The van der Waals surface area contributed by atoms with Gasteiger partial charge in [0.25, 0.3) is 0 Å². The molecule has 0 spiro atoms. The molecule has 10 heteroatoms. The fraction of sp³-hybridized carbons (Fsp3) is 0.308. The summed E-state index contributed by atoms with van der Waals surface area (Å²) in [7, 11) is 0. The second-order valence-corrected chi connectivity index (χ2v) is 10.3. The van der Waals surface area contributed by atoms with E-state index in [-0.39, 0.29) is 18.0 Å². The molecule has 1 aromatic carbocycles. The van der Waals surface area contributed by atoms with Crippen LogP contribution in [0.15, 0.2) is 59.9 Å². The lowest BCUT2D eigenvalue weighted by atomic mass is 9.99. The molecular weight excluding hydrogens is 476 g/mol. The van der Waals surface area contributed by atoms with Crippen molar-refractivity contribution < 1.29 is 14.3 Å². The number of rotatable bonds is 5. The Balaban J connectivity index is 1.27. The molecule has 3 atom stereocenters. The molecule has 0 saturated carbocycles. The number of nitrogens with zero attached hydrogens (tertiary/aromatic N) is 3. The minimum Gasteiger partial charge on any atom is -0.456 e. The fourth-order valence-electron chi connectivity index (χ4n) is 4.95. The van der Waals surface area contributed by atoms with Crippen LogP contribution in [0, 0.1) is 6.92 Å². The topological polar surface area (TPSA) is 108 Å². The first-order valence-electron chi connectivity index (χ1n) is 12.1. The quantitative estimate of drug-likeness (QED) is 0.487. The lowest BCUT2D eigenvalue weighted by Crippen LogP contribution is -2.52. The van der Waals surface area contributed by atoms with Crippen molar-refractivity contribution in [3.63, 3.8) is 0 Å². The van der Waals surface area contributed by atoms with E-state index < -0.39 is 11.3 Å². The highest BCUT2D eigenvalue weighted by molar-refractivity contribution is 8.01. The average molecular weight is 503 g/mol. The highest BCUT2D eigenvalue weighted by Crippen LogP contribution is 2.50. The molecule has 36 heavy (non-hydrogen) atoms. The zero-order valence-electron chi connectivity index (χ0n) is 19.7. The van der Waals surface area contributed by atoms with Gasteiger partial charge in [-0.15, -0.1) is 0 Å². The third-order valence-corrected chi connectivity index (χ3v) is 7.91. The number of ether oxygens (including phenoxy) is 1. The average Bonchev–Trinajstić information content (AvgIpc) is 3.26. The summed E-state index contributed by atoms with van der Waals surface area (Å²) in [5.41, 5.74) is 2.34. The van der Waals surface area contributed by atoms with Crippen molar-refractivity contribution in [3.05, 3.63) is 66.0 Å². The molecule has 1 fully saturated rings. The number of benzene rings is 1. The van der Waals surface area contributed by atoms with E-state index in [2.05, 4.69) is 25.9 Å². The Bertz CT molecular complexity index is 1310. The highest BCUT2D eigenvalue weighted by atomic mass is 32.2. The summed E-state index contributed by atoms with van der Waals surface area (Å²) in [6, 6.07) is 12.5. The van der Waals surface area contributed by atoms with Gasteiger partial charge in [-0.05, 0) is 56.1 Å². The van der Waals surface area contributed by atoms with Crippen LogP contribution in [0.4, 0.5) is 16.3 Å². The van der Waals surface area contributed by atoms with Crippen LogP contribution in [0.3, 0.4) is 0 Å². The van der Waals surface area contributed by atoms with Gasteiger partial charge in [0.1, 0.15) is 27.6 Å². The van der Waals surface area contributed by atoms with Crippen molar-refractivity contribution in [2.24, 2.45) is 0 Å². The number of para-hydroxylation sites is 1. The molecule has 3 aliphatic heterocycles. The molecule has 3 aromatic rings. The van der Waals surface area contributed by atoms with Gasteiger partial charge in [0.15, 0.2) is 0 Å². The van der Waals surface area contributed by atoms with Gasteiger partial charge in [0.2, 0.25) is 5.91 Å². The number of aromatic nitrogens is 2. The Morgan fingerprint density at radius 3 is 2.83 bits per heavy atom. The third kappa shape index (κ3) is 4.16. The molecule has 9 nitrogen and oxygen atoms in total. The molecule has 3 N–H and O–H groups in total. The fourth-order valence-corrected chi connectivity index (χ4v) is 6.19. The summed E-state index contributed by atoms with van der Waals surface area (Å²) in [5, 5.41) is 9.81. The monoisotopic (exact) mass is 502 g/mol. The van der Waals surface area contributed by atoms with Crippen LogP contribution < -0.4 is 25.6 Å². The molecule has 6 rings (SSSR count). The number of aryl methyl sites for hydroxylation is 1. The smallest absolute Gasteiger partial charge is 0.328 e. The first-order valence-corrected chi connectivity index (χ1v) is 12.9. The number of pyridine rings is 2. The molecule has 5 heterocycles. The lowest BCUT2D eigenvalue weighted by molar-refractivity contribution is -0.121. The molecule has 2 unspecified atom stereocenters. The van der Waals surface area contributed by atoms with Gasteiger partial charge in [0, 0.05) is 24.3 Å². The van der Waals surface area contributed by atoms with Gasteiger partial charge >= 0.3 is 6.03 Å². The Morgan fingerprint density at radius 1 is 1.19 bits per heavy atom. The number of carbonyl (C=O) groups is 2. The van der Waals surface area contributed by atoms with Crippen LogP contribution >= 0.6 is 11.8 Å². The molecular formula is C26H26N6O3S. The number of hydrogen-bond donors (Lipinski definition) is 3. The lowest BCUT2D eigenvalue weighted by Gasteiger charge is -2.34. The van der Waals surface area contributed by atoms with Crippen molar-refractivity contribution in [2.45, 2.75) is 42.1 Å². The first kappa shape index (κ1) is 22.8. The van der Waals surface area contributed by atoms with Crippen LogP contribution in [0.2, 0.25) is 0 Å². The Kier molecular flexibility index (Phi) is 5.98. The predicted molar refractivity (Wildman–Crippen MR) is 137 cm³/mol. The maximum absolute atomic E-state index is 13.4. The number of nitrogens with one attached hydrogen (secondary N) is 3. The zero-order chi connectivity index (χ0) is 24.6. The predicted octanol–water partition coefficient (Wildman–Crippen LogP) is 3.82. The van der Waals surface area contributed by atoms with E-state index in [1.807, 2.05) is 49.4 Å². The summed E-state index contributed by atoms with van der Waals surface area (Å²) in [5.74, 6) is 1.73. The summed E-state index contributed by atoms with van der Waals surface area (Å²) in [4.78, 5) is 37.3. The number of thioether (sulfide) groups is 1. The van der Waals surface area contributed by atoms with Gasteiger partial charge in [-0.1, -0.05) is 30.0 Å².